The number of pyridine rings is 1. The number of aryl methyl sites for hydroxylation is 1. The molecule has 1 aliphatic carbocycles. The second kappa shape index (κ2) is 6.60. The molecule has 2 aromatic heterocycles. The lowest BCUT2D eigenvalue weighted by Crippen LogP contribution is -2.13. The van der Waals surface area contributed by atoms with Crippen LogP contribution in [0.25, 0.3) is 22.4 Å². The topological polar surface area (TPSA) is 68.0 Å². The van der Waals surface area contributed by atoms with Crippen LogP contribution in [0, 0.1) is 6.92 Å². The Balaban J connectivity index is 1.63. The lowest BCUT2D eigenvalue weighted by atomic mass is 10.0. The van der Waals surface area contributed by atoms with E-state index in [0.29, 0.717) is 28.3 Å². The lowest BCUT2D eigenvalue weighted by Gasteiger charge is -2.09. The maximum atomic E-state index is 13.2. The maximum absolute atomic E-state index is 13.2. The number of carbonyl (C=O) groups excluding carboxylic acids is 1. The molecule has 2 aromatic carbocycles. The van der Waals surface area contributed by atoms with Crippen LogP contribution < -0.4 is 5.32 Å². The third kappa shape index (κ3) is 3.05. The number of rotatable bonds is 4. The Hall–Kier alpha value is -3.47. The Morgan fingerprint density at radius 3 is 2.54 bits per heavy atom. The van der Waals surface area contributed by atoms with Gasteiger partial charge in [-0.2, -0.15) is 0 Å². The van der Waals surface area contributed by atoms with Gasteiger partial charge in [0.05, 0.1) is 10.9 Å². The molecule has 0 saturated heterocycles. The van der Waals surface area contributed by atoms with Crippen LogP contribution in [0.5, 0.6) is 0 Å². The minimum Gasteiger partial charge on any atom is -0.335 e. The van der Waals surface area contributed by atoms with Crippen molar-refractivity contribution in [1.82, 2.24) is 10.1 Å². The van der Waals surface area contributed by atoms with Crippen molar-refractivity contribution in [2.24, 2.45) is 0 Å². The first kappa shape index (κ1) is 16.7. The van der Waals surface area contributed by atoms with Crippen molar-refractivity contribution in [1.29, 1.82) is 0 Å². The number of benzene rings is 2. The molecule has 5 nitrogen and oxygen atoms in total. The minimum atomic E-state index is -0.182. The normalized spacial score (nSPS) is 13.6. The number of fused-ring (bicyclic) bond motifs is 1. The van der Waals surface area contributed by atoms with E-state index in [1.54, 1.807) is 0 Å². The van der Waals surface area contributed by atoms with Crippen LogP contribution in [-0.2, 0) is 0 Å². The largest absolute Gasteiger partial charge is 0.335 e. The van der Waals surface area contributed by atoms with Crippen LogP contribution in [0.2, 0.25) is 0 Å². The molecule has 4 aromatic rings. The van der Waals surface area contributed by atoms with Gasteiger partial charge in [-0.25, -0.2) is 4.98 Å². The number of hydrogen-bond donors (Lipinski definition) is 1. The molecule has 2 heterocycles. The number of carbonyl (C=O) groups is 1. The van der Waals surface area contributed by atoms with Gasteiger partial charge in [-0.05, 0) is 38.0 Å². The lowest BCUT2D eigenvalue weighted by molar-refractivity contribution is 0.102. The molecular formula is C23H19N3O2. The van der Waals surface area contributed by atoms with Crippen molar-refractivity contribution in [2.45, 2.75) is 25.7 Å². The van der Waals surface area contributed by atoms with Crippen LogP contribution in [0.4, 0.5) is 5.69 Å². The highest BCUT2D eigenvalue weighted by Crippen LogP contribution is 2.41. The fourth-order valence-corrected chi connectivity index (χ4v) is 3.37. The van der Waals surface area contributed by atoms with E-state index in [2.05, 4.69) is 15.5 Å². The van der Waals surface area contributed by atoms with E-state index in [1.165, 1.54) is 0 Å². The molecule has 1 saturated carbocycles. The highest BCUT2D eigenvalue weighted by Gasteiger charge is 2.29. The predicted molar refractivity (Wildman–Crippen MR) is 108 cm³/mol. The van der Waals surface area contributed by atoms with Crippen molar-refractivity contribution in [3.63, 3.8) is 0 Å². The summed E-state index contributed by atoms with van der Waals surface area (Å²) >= 11 is 0. The Morgan fingerprint density at radius 1 is 1.07 bits per heavy atom. The van der Waals surface area contributed by atoms with Crippen molar-refractivity contribution in [3.8, 4) is 11.3 Å². The average molecular weight is 369 g/mol. The molecule has 0 aliphatic heterocycles. The smallest absolute Gasteiger partial charge is 0.259 e. The van der Waals surface area contributed by atoms with Crippen molar-refractivity contribution in [3.05, 3.63) is 77.5 Å². The van der Waals surface area contributed by atoms with Gasteiger partial charge in [0, 0.05) is 22.9 Å². The summed E-state index contributed by atoms with van der Waals surface area (Å²) in [5.41, 5.74) is 5.30. The average Bonchev–Trinajstić information content (AvgIpc) is 3.49. The van der Waals surface area contributed by atoms with Gasteiger partial charge in [-0.15, -0.1) is 0 Å². The number of nitrogens with zero attached hydrogens (tertiary/aromatic N) is 2. The third-order valence-electron chi connectivity index (χ3n) is 5.06. The van der Waals surface area contributed by atoms with E-state index in [9.17, 15) is 4.79 Å². The number of anilines is 1. The van der Waals surface area contributed by atoms with Gasteiger partial charge in [0.2, 0.25) is 0 Å². The molecule has 5 rings (SSSR count). The van der Waals surface area contributed by atoms with Gasteiger partial charge in [-0.3, -0.25) is 4.79 Å². The molecule has 0 unspecified atom stereocenters. The maximum Gasteiger partial charge on any atom is 0.259 e. The molecule has 1 amide bonds. The second-order valence-electron chi connectivity index (χ2n) is 7.27. The first-order chi connectivity index (χ1) is 13.7. The number of hydrogen-bond acceptors (Lipinski definition) is 4. The summed E-state index contributed by atoms with van der Waals surface area (Å²) in [6, 6.07) is 19.4. The molecular weight excluding hydrogens is 350 g/mol. The van der Waals surface area contributed by atoms with Crippen molar-refractivity contribution >= 4 is 22.7 Å². The first-order valence-corrected chi connectivity index (χ1v) is 9.43. The Labute approximate surface area is 162 Å². The van der Waals surface area contributed by atoms with E-state index < -0.39 is 0 Å². The van der Waals surface area contributed by atoms with E-state index in [1.807, 2.05) is 67.6 Å². The number of amides is 1. The molecule has 5 heteroatoms. The Bertz CT molecular complexity index is 1160. The quantitative estimate of drug-likeness (QED) is 0.528. The molecule has 0 radical (unpaired) electrons. The summed E-state index contributed by atoms with van der Waals surface area (Å²) in [6.45, 7) is 2.02. The van der Waals surface area contributed by atoms with E-state index >= 15 is 0 Å². The summed E-state index contributed by atoms with van der Waals surface area (Å²) in [5, 5.41) is 7.88. The van der Waals surface area contributed by atoms with Crippen LogP contribution in [0.15, 0.2) is 65.2 Å². The highest BCUT2D eigenvalue weighted by atomic mass is 16.5. The van der Waals surface area contributed by atoms with E-state index in [0.717, 1.165) is 35.3 Å². The number of aromatic nitrogens is 2. The fraction of sp³-hybridized carbons (Fsp3) is 0.174. The summed E-state index contributed by atoms with van der Waals surface area (Å²) < 4.78 is 5.54. The van der Waals surface area contributed by atoms with Gasteiger partial charge in [0.15, 0.2) is 0 Å². The minimum absolute atomic E-state index is 0.182. The fourth-order valence-electron chi connectivity index (χ4n) is 3.37. The molecule has 0 bridgehead atoms. The van der Waals surface area contributed by atoms with Gasteiger partial charge in [0.1, 0.15) is 5.69 Å². The molecule has 0 spiro atoms. The Kier molecular flexibility index (Phi) is 3.93. The van der Waals surface area contributed by atoms with Crippen molar-refractivity contribution in [2.75, 3.05) is 5.32 Å². The zero-order chi connectivity index (χ0) is 19.1. The standard InChI is InChI=1S/C23H19N3O2/c1-14-7-11-17(12-8-14)24-22(27)18-13-19(15-9-10-15)25-23-20(18)21(26-28-23)16-5-3-2-4-6-16/h2-8,11-13,15H,9-10H2,1H3,(H,24,27). The van der Waals surface area contributed by atoms with Crippen LogP contribution in [-0.4, -0.2) is 16.0 Å². The zero-order valence-corrected chi connectivity index (χ0v) is 15.5. The van der Waals surface area contributed by atoms with Crippen LogP contribution in [0.3, 0.4) is 0 Å². The second-order valence-corrected chi connectivity index (χ2v) is 7.27. The molecule has 1 fully saturated rings. The van der Waals surface area contributed by atoms with Crippen molar-refractivity contribution < 1.29 is 9.32 Å². The van der Waals surface area contributed by atoms with Crippen LogP contribution >= 0.6 is 0 Å². The monoisotopic (exact) mass is 369 g/mol. The molecule has 1 N–H and O–H groups in total. The van der Waals surface area contributed by atoms with Gasteiger partial charge in [-0.1, -0.05) is 53.2 Å². The molecule has 1 aliphatic rings. The molecule has 0 atom stereocenters. The zero-order valence-electron chi connectivity index (χ0n) is 15.5. The SMILES string of the molecule is Cc1ccc(NC(=O)c2cc(C3CC3)nc3onc(-c4ccccc4)c23)cc1. The van der Waals surface area contributed by atoms with Gasteiger partial charge < -0.3 is 9.84 Å². The summed E-state index contributed by atoms with van der Waals surface area (Å²) in [5.74, 6) is 0.221. The van der Waals surface area contributed by atoms with E-state index in [-0.39, 0.29) is 5.91 Å². The van der Waals surface area contributed by atoms with Gasteiger partial charge >= 0.3 is 0 Å². The predicted octanol–water partition coefficient (Wildman–Crippen LogP) is 5.33. The molecule has 138 valence electrons. The highest BCUT2D eigenvalue weighted by molar-refractivity contribution is 6.14. The van der Waals surface area contributed by atoms with Gasteiger partial charge in [0.25, 0.3) is 11.6 Å². The Morgan fingerprint density at radius 2 is 1.82 bits per heavy atom. The number of nitrogens with one attached hydrogen (secondary N) is 1. The summed E-state index contributed by atoms with van der Waals surface area (Å²) in [7, 11) is 0. The third-order valence-corrected chi connectivity index (χ3v) is 5.06. The van der Waals surface area contributed by atoms with E-state index in [4.69, 9.17) is 4.52 Å². The first-order valence-electron chi connectivity index (χ1n) is 9.43. The summed E-state index contributed by atoms with van der Waals surface area (Å²) in [6.07, 6.45) is 2.19. The molecule has 28 heavy (non-hydrogen) atoms. The summed E-state index contributed by atoms with van der Waals surface area (Å²) in [4.78, 5) is 17.8. The van der Waals surface area contributed by atoms with Crippen LogP contribution in [0.1, 0.15) is 40.4 Å².